The van der Waals surface area contributed by atoms with Crippen molar-refractivity contribution in [2.24, 2.45) is 0 Å². The Balaban J connectivity index is 2.26. The molecule has 1 fully saturated rings. The van der Waals surface area contributed by atoms with Gasteiger partial charge in [0.2, 0.25) is 0 Å². The third-order valence-corrected chi connectivity index (χ3v) is 26.7. The SMILES string of the molecule is [CH3][Sn]1([CH3])[O][As](=O)(c2ccccc2)[O]1. The molecule has 0 aromatic heterocycles. The zero-order chi connectivity index (χ0) is 9.53. The van der Waals surface area contributed by atoms with Crippen molar-refractivity contribution in [3.05, 3.63) is 30.3 Å². The summed E-state index contributed by atoms with van der Waals surface area (Å²) in [5.74, 6) is 0. The Labute approximate surface area is 85.4 Å². The van der Waals surface area contributed by atoms with Crippen LogP contribution in [0.2, 0.25) is 9.88 Å². The molecule has 70 valence electrons. The molecule has 0 amide bonds. The Hall–Kier alpha value is 0.297. The van der Waals surface area contributed by atoms with Crippen molar-refractivity contribution in [2.45, 2.75) is 9.88 Å². The van der Waals surface area contributed by atoms with Gasteiger partial charge in [0, 0.05) is 0 Å². The fraction of sp³-hybridized carbons (Fsp3) is 0.250. The van der Waals surface area contributed by atoms with Crippen LogP contribution < -0.4 is 4.35 Å². The summed E-state index contributed by atoms with van der Waals surface area (Å²) in [6, 6.07) is 9.20. The molecule has 0 spiro atoms. The van der Waals surface area contributed by atoms with Gasteiger partial charge >= 0.3 is 85.8 Å². The second kappa shape index (κ2) is 3.16. The molecule has 0 saturated carbocycles. The van der Waals surface area contributed by atoms with E-state index in [0.717, 1.165) is 4.35 Å². The maximum absolute atomic E-state index is 12.0. The van der Waals surface area contributed by atoms with Gasteiger partial charge in [0.15, 0.2) is 0 Å². The van der Waals surface area contributed by atoms with Crippen LogP contribution in [0.25, 0.3) is 0 Å². The van der Waals surface area contributed by atoms with Crippen LogP contribution in [0.15, 0.2) is 30.3 Å². The predicted octanol–water partition coefficient (Wildman–Crippen LogP) is 1.01. The van der Waals surface area contributed by atoms with Crippen LogP contribution in [0.5, 0.6) is 0 Å². The summed E-state index contributed by atoms with van der Waals surface area (Å²) in [4.78, 5) is 3.93. The standard InChI is InChI=1S/C6H7AsO3.2CH3.Sn/c8-7(9,10)6-4-2-1-3-5-6;;;/h1-5H,(H2,8,9,10);2*1H3;/q;;;+2/p-2. The summed E-state index contributed by atoms with van der Waals surface area (Å²) in [6.07, 6.45) is 0. The first-order chi connectivity index (χ1) is 6.02. The van der Waals surface area contributed by atoms with Crippen LogP contribution in [0, 0.1) is 0 Å². The van der Waals surface area contributed by atoms with E-state index in [1.165, 1.54) is 0 Å². The van der Waals surface area contributed by atoms with Gasteiger partial charge in [-0.3, -0.25) is 0 Å². The molecule has 0 bridgehead atoms. The molecular weight excluding hydrogens is 338 g/mol. The number of hydrogen-bond donors (Lipinski definition) is 0. The quantitative estimate of drug-likeness (QED) is 0.711. The van der Waals surface area contributed by atoms with Gasteiger partial charge in [-0.2, -0.15) is 0 Å². The first-order valence-electron chi connectivity index (χ1n) is 4.09. The molecule has 0 N–H and O–H groups in total. The molecule has 0 atom stereocenters. The second-order valence-corrected chi connectivity index (χ2v) is 20.8. The van der Waals surface area contributed by atoms with Crippen molar-refractivity contribution in [3.8, 4) is 0 Å². The molecule has 1 saturated heterocycles. The molecule has 5 heteroatoms. The summed E-state index contributed by atoms with van der Waals surface area (Å²) in [5, 5.41) is 0. The van der Waals surface area contributed by atoms with Crippen LogP contribution in [-0.4, -0.2) is 33.4 Å². The van der Waals surface area contributed by atoms with Gasteiger partial charge in [-0.05, 0) is 0 Å². The maximum atomic E-state index is 12.0. The van der Waals surface area contributed by atoms with Gasteiger partial charge < -0.3 is 0 Å². The van der Waals surface area contributed by atoms with E-state index in [1.807, 2.05) is 28.1 Å². The van der Waals surface area contributed by atoms with Crippen LogP contribution in [0.3, 0.4) is 0 Å². The molecule has 1 aliphatic heterocycles. The number of benzene rings is 1. The topological polar surface area (TPSA) is 35.5 Å². The van der Waals surface area contributed by atoms with Crippen LogP contribution in [0.4, 0.5) is 0 Å². The molecule has 2 rings (SSSR count). The molecule has 0 radical (unpaired) electrons. The first-order valence-corrected chi connectivity index (χ1v) is 15.4. The molecule has 1 aromatic rings. The molecule has 1 heterocycles. The van der Waals surface area contributed by atoms with Gasteiger partial charge in [0.05, 0.1) is 0 Å². The van der Waals surface area contributed by atoms with Gasteiger partial charge in [-0.1, -0.05) is 0 Å². The Bertz CT molecular complexity index is 351. The summed E-state index contributed by atoms with van der Waals surface area (Å²) < 4.78 is 23.7. The minimum absolute atomic E-state index is 0.733. The fourth-order valence-electron chi connectivity index (χ4n) is 1.30. The second-order valence-electron chi connectivity index (χ2n) is 3.42. The number of rotatable bonds is 1. The molecular formula is C8H11AsO3Sn. The van der Waals surface area contributed by atoms with E-state index in [0.29, 0.717) is 0 Å². The third-order valence-electron chi connectivity index (χ3n) is 1.75. The van der Waals surface area contributed by atoms with E-state index in [9.17, 15) is 3.74 Å². The Morgan fingerprint density at radius 3 is 2.15 bits per heavy atom. The zero-order valence-electron chi connectivity index (χ0n) is 7.56. The summed E-state index contributed by atoms with van der Waals surface area (Å²) in [7, 11) is 0. The van der Waals surface area contributed by atoms with Crippen LogP contribution in [-0.2, 0) is 7.87 Å². The van der Waals surface area contributed by atoms with E-state index >= 15 is 0 Å². The summed E-state index contributed by atoms with van der Waals surface area (Å²) in [6.45, 7) is 0. The van der Waals surface area contributed by atoms with Crippen molar-refractivity contribution in [2.75, 3.05) is 0 Å². The zero-order valence-corrected chi connectivity index (χ0v) is 12.3. The molecule has 0 unspecified atom stereocenters. The van der Waals surface area contributed by atoms with Crippen molar-refractivity contribution >= 4 is 37.7 Å². The van der Waals surface area contributed by atoms with E-state index in [4.69, 9.17) is 4.13 Å². The van der Waals surface area contributed by atoms with Crippen molar-refractivity contribution in [3.63, 3.8) is 0 Å². The van der Waals surface area contributed by atoms with E-state index in [1.54, 1.807) is 12.1 Å². The monoisotopic (exact) mass is 350 g/mol. The summed E-state index contributed by atoms with van der Waals surface area (Å²) >= 11 is -6.20. The fourth-order valence-corrected chi connectivity index (χ4v) is 25.8. The van der Waals surface area contributed by atoms with Gasteiger partial charge in [0.25, 0.3) is 0 Å². The van der Waals surface area contributed by atoms with E-state index in [-0.39, 0.29) is 0 Å². The van der Waals surface area contributed by atoms with Crippen LogP contribution >= 0.6 is 0 Å². The van der Waals surface area contributed by atoms with Crippen molar-refractivity contribution in [1.82, 2.24) is 0 Å². The van der Waals surface area contributed by atoms with E-state index in [2.05, 4.69) is 0 Å². The van der Waals surface area contributed by atoms with Gasteiger partial charge in [-0.15, -0.1) is 0 Å². The van der Waals surface area contributed by atoms with Crippen molar-refractivity contribution in [1.29, 1.82) is 0 Å². The molecule has 0 aliphatic carbocycles. The molecule has 1 aliphatic rings. The molecule has 3 nitrogen and oxygen atoms in total. The first kappa shape index (κ1) is 9.84. The third kappa shape index (κ3) is 1.89. The predicted molar refractivity (Wildman–Crippen MR) is 52.2 cm³/mol. The average Bonchev–Trinajstić information content (AvgIpc) is 2.02. The average molecular weight is 349 g/mol. The molecule has 13 heavy (non-hydrogen) atoms. The summed E-state index contributed by atoms with van der Waals surface area (Å²) in [5.41, 5.74) is 0. The normalized spacial score (nSPS) is 23.5. The number of hydrogen-bond acceptors (Lipinski definition) is 3. The minimum atomic E-state index is -3.51. The Morgan fingerprint density at radius 2 is 1.69 bits per heavy atom. The molecule has 1 aromatic carbocycles. The van der Waals surface area contributed by atoms with Crippen molar-refractivity contribution < 1.29 is 7.87 Å². The van der Waals surface area contributed by atoms with E-state index < -0.39 is 33.4 Å². The Kier molecular flexibility index (Phi) is 2.39. The van der Waals surface area contributed by atoms with Gasteiger partial charge in [0.1, 0.15) is 0 Å². The van der Waals surface area contributed by atoms with Crippen LogP contribution in [0.1, 0.15) is 0 Å². The Morgan fingerprint density at radius 1 is 1.15 bits per heavy atom. The van der Waals surface area contributed by atoms with Gasteiger partial charge in [-0.25, -0.2) is 0 Å².